The van der Waals surface area contributed by atoms with E-state index in [0.717, 1.165) is 10.0 Å². The predicted octanol–water partition coefficient (Wildman–Crippen LogP) is 3.98. The summed E-state index contributed by atoms with van der Waals surface area (Å²) in [5.74, 6) is 1.25. The summed E-state index contributed by atoms with van der Waals surface area (Å²) in [5, 5.41) is 0. The fourth-order valence-corrected chi connectivity index (χ4v) is 5.77. The molecule has 3 aromatic rings. The molecule has 194 valence electrons. The molecular weight excluding hydrogens is 560 g/mol. The number of hydrogen-bond acceptors (Lipinski definition) is 8. The van der Waals surface area contributed by atoms with E-state index >= 15 is 0 Å². The van der Waals surface area contributed by atoms with Gasteiger partial charge in [0.15, 0.2) is 16.3 Å². The lowest BCUT2D eigenvalue weighted by Gasteiger charge is -2.25. The quantitative estimate of drug-likeness (QED) is 0.371. The Morgan fingerprint density at radius 1 is 1.08 bits per heavy atom. The Balaban J connectivity index is 1.94. The minimum atomic E-state index is -0.745. The van der Waals surface area contributed by atoms with Gasteiger partial charge in [0.1, 0.15) is 5.75 Å². The summed E-state index contributed by atoms with van der Waals surface area (Å²) in [6.45, 7) is 6.00. The van der Waals surface area contributed by atoms with Gasteiger partial charge in [-0.2, -0.15) is 0 Å². The van der Waals surface area contributed by atoms with Crippen molar-refractivity contribution >= 4 is 39.3 Å². The number of carbonyl (C=O) groups excluding carboxylic acids is 1. The Labute approximate surface area is 226 Å². The molecule has 2 aromatic carbocycles. The highest BCUT2D eigenvalue weighted by atomic mass is 79.9. The maximum absolute atomic E-state index is 13.8. The van der Waals surface area contributed by atoms with Crippen molar-refractivity contribution in [2.45, 2.75) is 26.8 Å². The zero-order valence-electron chi connectivity index (χ0n) is 21.2. The summed E-state index contributed by atoms with van der Waals surface area (Å²) in [6.07, 6.45) is 1.80. The average Bonchev–Trinajstić information content (AvgIpc) is 3.17. The molecular formula is C27H27BrN2O6S. The van der Waals surface area contributed by atoms with Gasteiger partial charge in [-0.15, -0.1) is 0 Å². The van der Waals surface area contributed by atoms with Crippen LogP contribution in [0, 0.1) is 0 Å². The van der Waals surface area contributed by atoms with Gasteiger partial charge in [-0.05, 0) is 78.2 Å². The number of halogens is 1. The number of carbonyl (C=O) groups is 1. The molecule has 0 N–H and O–H groups in total. The second kappa shape index (κ2) is 11.4. The number of fused-ring (bicyclic) bond motifs is 1. The number of aromatic nitrogens is 1. The minimum absolute atomic E-state index is 0.200. The Morgan fingerprint density at radius 2 is 1.81 bits per heavy atom. The third kappa shape index (κ3) is 5.21. The zero-order chi connectivity index (χ0) is 26.7. The van der Waals surface area contributed by atoms with E-state index < -0.39 is 12.0 Å². The number of allylic oxidation sites excluding steroid dienone is 1. The molecule has 1 aliphatic heterocycles. The first-order valence-electron chi connectivity index (χ1n) is 11.7. The van der Waals surface area contributed by atoms with Crippen LogP contribution in [0.2, 0.25) is 0 Å². The molecule has 0 saturated heterocycles. The van der Waals surface area contributed by atoms with Crippen LogP contribution >= 0.6 is 27.3 Å². The number of ether oxygens (including phenoxy) is 4. The van der Waals surface area contributed by atoms with Crippen molar-refractivity contribution in [3.05, 3.63) is 83.0 Å². The number of esters is 1. The van der Waals surface area contributed by atoms with Crippen LogP contribution in [0.5, 0.6) is 17.2 Å². The Hall–Kier alpha value is -3.37. The minimum Gasteiger partial charge on any atom is -0.496 e. The number of nitrogens with zero attached hydrogens (tertiary/aromatic N) is 2. The topological polar surface area (TPSA) is 88.4 Å². The highest BCUT2D eigenvalue weighted by Gasteiger charge is 2.34. The van der Waals surface area contributed by atoms with Gasteiger partial charge in [0, 0.05) is 0 Å². The van der Waals surface area contributed by atoms with Crippen LogP contribution in [0.25, 0.3) is 6.08 Å². The van der Waals surface area contributed by atoms with Crippen molar-refractivity contribution in [3.63, 3.8) is 0 Å². The first-order valence-corrected chi connectivity index (χ1v) is 13.3. The van der Waals surface area contributed by atoms with Crippen molar-refractivity contribution in [1.82, 2.24) is 4.57 Å². The molecule has 0 bridgehead atoms. The Bertz CT molecular complexity index is 1560. The van der Waals surface area contributed by atoms with Crippen LogP contribution in [0.1, 0.15) is 37.9 Å². The summed E-state index contributed by atoms with van der Waals surface area (Å²) in [4.78, 5) is 32.0. The number of hydrogen-bond donors (Lipinski definition) is 0. The van der Waals surface area contributed by atoms with E-state index in [0.29, 0.717) is 50.0 Å². The van der Waals surface area contributed by atoms with E-state index in [2.05, 4.69) is 20.9 Å². The number of rotatable bonds is 8. The molecule has 0 spiro atoms. The predicted molar refractivity (Wildman–Crippen MR) is 145 cm³/mol. The van der Waals surface area contributed by atoms with Crippen LogP contribution in [0.15, 0.2) is 61.9 Å². The van der Waals surface area contributed by atoms with E-state index in [-0.39, 0.29) is 12.2 Å². The molecule has 4 rings (SSSR count). The summed E-state index contributed by atoms with van der Waals surface area (Å²) in [5.41, 5.74) is 2.04. The van der Waals surface area contributed by atoms with E-state index in [1.807, 2.05) is 31.2 Å². The van der Waals surface area contributed by atoms with Crippen LogP contribution in [-0.2, 0) is 9.53 Å². The molecule has 10 heteroatoms. The van der Waals surface area contributed by atoms with Crippen LogP contribution in [0.3, 0.4) is 0 Å². The molecule has 0 radical (unpaired) electrons. The maximum atomic E-state index is 13.8. The van der Waals surface area contributed by atoms with Gasteiger partial charge in [-0.25, -0.2) is 9.79 Å². The van der Waals surface area contributed by atoms with Crippen molar-refractivity contribution in [2.75, 3.05) is 27.4 Å². The first-order chi connectivity index (χ1) is 17.8. The van der Waals surface area contributed by atoms with Gasteiger partial charge in [0.25, 0.3) is 5.56 Å². The molecule has 0 aliphatic carbocycles. The van der Waals surface area contributed by atoms with Gasteiger partial charge in [0.05, 0.1) is 53.8 Å². The highest BCUT2D eigenvalue weighted by molar-refractivity contribution is 9.10. The molecule has 0 amide bonds. The molecule has 2 heterocycles. The van der Waals surface area contributed by atoms with Crippen LogP contribution in [0.4, 0.5) is 0 Å². The van der Waals surface area contributed by atoms with Gasteiger partial charge >= 0.3 is 5.97 Å². The second-order valence-corrected chi connectivity index (χ2v) is 9.90. The van der Waals surface area contributed by atoms with Crippen molar-refractivity contribution in [2.24, 2.45) is 4.99 Å². The Kier molecular flexibility index (Phi) is 8.19. The maximum Gasteiger partial charge on any atom is 0.338 e. The molecule has 1 aromatic heterocycles. The average molecular weight is 587 g/mol. The lowest BCUT2D eigenvalue weighted by Crippen LogP contribution is -2.40. The number of thiazole rings is 1. The SMILES string of the molecule is CCOC(=O)C1=C(C)N=c2s/c(=C\c3ccc(OC)c(Br)c3)c(=O)n2C1c1ccc(OC)c(OCC)c1. The lowest BCUT2D eigenvalue weighted by molar-refractivity contribution is -0.139. The molecule has 0 saturated carbocycles. The van der Waals surface area contributed by atoms with Crippen molar-refractivity contribution < 1.29 is 23.7 Å². The summed E-state index contributed by atoms with van der Waals surface area (Å²) in [6, 6.07) is 10.2. The number of methoxy groups -OCH3 is 2. The largest absolute Gasteiger partial charge is 0.496 e. The monoisotopic (exact) mass is 586 g/mol. The highest BCUT2D eigenvalue weighted by Crippen LogP contribution is 2.36. The van der Waals surface area contributed by atoms with Crippen molar-refractivity contribution in [3.8, 4) is 17.2 Å². The van der Waals surface area contributed by atoms with Crippen LogP contribution in [-0.4, -0.2) is 38.0 Å². The lowest BCUT2D eigenvalue weighted by atomic mass is 9.95. The standard InChI is InChI=1S/C27H27BrN2O6S/c1-6-35-21-14-17(9-11-20(21)34-5)24-23(26(32)36-7-2)15(3)29-27-30(24)25(31)22(37-27)13-16-8-10-19(33-4)18(28)12-16/h8-14,24H,6-7H2,1-5H3/b22-13-. The molecule has 1 aliphatic rings. The first kappa shape index (κ1) is 26.7. The van der Waals surface area contributed by atoms with Gasteiger partial charge in [-0.3, -0.25) is 9.36 Å². The molecule has 1 atom stereocenters. The number of benzene rings is 2. The summed E-state index contributed by atoms with van der Waals surface area (Å²) < 4.78 is 24.7. The molecule has 1 unspecified atom stereocenters. The summed E-state index contributed by atoms with van der Waals surface area (Å²) >= 11 is 4.75. The van der Waals surface area contributed by atoms with E-state index in [4.69, 9.17) is 18.9 Å². The van der Waals surface area contributed by atoms with Crippen LogP contribution < -0.4 is 29.1 Å². The Morgan fingerprint density at radius 3 is 2.46 bits per heavy atom. The molecule has 8 nitrogen and oxygen atoms in total. The molecule has 37 heavy (non-hydrogen) atoms. The third-order valence-corrected chi connectivity index (χ3v) is 7.40. The summed E-state index contributed by atoms with van der Waals surface area (Å²) in [7, 11) is 3.16. The second-order valence-electron chi connectivity index (χ2n) is 8.04. The smallest absolute Gasteiger partial charge is 0.338 e. The van der Waals surface area contributed by atoms with E-state index in [1.54, 1.807) is 50.8 Å². The van der Waals surface area contributed by atoms with Gasteiger partial charge in [-0.1, -0.05) is 23.5 Å². The fraction of sp³-hybridized carbons (Fsp3) is 0.296. The zero-order valence-corrected chi connectivity index (χ0v) is 23.6. The normalized spacial score (nSPS) is 15.2. The van der Waals surface area contributed by atoms with Gasteiger partial charge in [0.2, 0.25) is 0 Å². The fourth-order valence-electron chi connectivity index (χ4n) is 4.16. The molecule has 0 fully saturated rings. The van der Waals surface area contributed by atoms with Gasteiger partial charge < -0.3 is 18.9 Å². The van der Waals surface area contributed by atoms with E-state index in [1.165, 1.54) is 11.3 Å². The third-order valence-electron chi connectivity index (χ3n) is 5.79. The van der Waals surface area contributed by atoms with Crippen molar-refractivity contribution in [1.29, 1.82) is 0 Å². The van der Waals surface area contributed by atoms with E-state index in [9.17, 15) is 9.59 Å².